The number of aliphatic hydroxyl groups is 1. The fraction of sp³-hybridized carbons (Fsp3) is 0.667. The van der Waals surface area contributed by atoms with Gasteiger partial charge in [-0.15, -0.1) is 0 Å². The minimum absolute atomic E-state index is 0.315. The van der Waals surface area contributed by atoms with Gasteiger partial charge in [-0.1, -0.05) is 13.8 Å². The SMILES string of the molecule is Cc1ccnc(N)c1C1(O)CCCC(C)(C)CC1. The molecule has 1 unspecified atom stereocenters. The van der Waals surface area contributed by atoms with Crippen molar-refractivity contribution < 1.29 is 5.11 Å². The highest BCUT2D eigenvalue weighted by molar-refractivity contribution is 5.47. The van der Waals surface area contributed by atoms with Crippen LogP contribution < -0.4 is 5.73 Å². The van der Waals surface area contributed by atoms with Crippen molar-refractivity contribution in [2.45, 2.75) is 58.5 Å². The topological polar surface area (TPSA) is 59.1 Å². The van der Waals surface area contributed by atoms with E-state index in [4.69, 9.17) is 5.73 Å². The molecule has 1 heterocycles. The summed E-state index contributed by atoms with van der Waals surface area (Å²) in [6.45, 7) is 6.55. The summed E-state index contributed by atoms with van der Waals surface area (Å²) >= 11 is 0. The number of hydrogen-bond acceptors (Lipinski definition) is 3. The number of aromatic nitrogens is 1. The van der Waals surface area contributed by atoms with Crippen LogP contribution in [0.1, 0.15) is 57.1 Å². The highest BCUT2D eigenvalue weighted by Crippen LogP contribution is 2.44. The Kier molecular flexibility index (Phi) is 3.37. The van der Waals surface area contributed by atoms with Gasteiger partial charge >= 0.3 is 0 Å². The summed E-state index contributed by atoms with van der Waals surface area (Å²) in [6.07, 6.45) is 6.49. The maximum Gasteiger partial charge on any atom is 0.129 e. The number of hydrogen-bond donors (Lipinski definition) is 2. The normalized spacial score (nSPS) is 27.8. The molecule has 2 rings (SSSR count). The van der Waals surface area contributed by atoms with Crippen LogP contribution >= 0.6 is 0 Å². The van der Waals surface area contributed by atoms with Gasteiger partial charge in [-0.25, -0.2) is 4.98 Å². The molecule has 0 bridgehead atoms. The number of aryl methyl sites for hydroxylation is 1. The van der Waals surface area contributed by atoms with Crippen LogP contribution in [0.4, 0.5) is 5.82 Å². The largest absolute Gasteiger partial charge is 0.385 e. The summed E-state index contributed by atoms with van der Waals surface area (Å²) in [4.78, 5) is 4.15. The lowest BCUT2D eigenvalue weighted by Gasteiger charge is -2.30. The van der Waals surface area contributed by atoms with Crippen molar-refractivity contribution in [1.82, 2.24) is 4.98 Å². The molecule has 0 aliphatic heterocycles. The predicted octanol–water partition coefficient (Wildman–Crippen LogP) is 3.15. The van der Waals surface area contributed by atoms with Gasteiger partial charge in [-0.05, 0) is 56.1 Å². The van der Waals surface area contributed by atoms with Crippen molar-refractivity contribution in [3.05, 3.63) is 23.4 Å². The van der Waals surface area contributed by atoms with Crippen molar-refractivity contribution in [3.8, 4) is 0 Å². The predicted molar refractivity (Wildman–Crippen MR) is 74.1 cm³/mol. The number of nitrogen functional groups attached to an aromatic ring is 1. The molecule has 3 heteroatoms. The third-order valence-corrected chi connectivity index (χ3v) is 4.31. The molecule has 1 fully saturated rings. The van der Waals surface area contributed by atoms with Crippen LogP contribution in [0.3, 0.4) is 0 Å². The van der Waals surface area contributed by atoms with Gasteiger partial charge in [0.25, 0.3) is 0 Å². The van der Waals surface area contributed by atoms with Crippen LogP contribution in [-0.4, -0.2) is 10.1 Å². The molecule has 0 aromatic carbocycles. The average Bonchev–Trinajstić information content (AvgIpc) is 2.39. The second kappa shape index (κ2) is 4.54. The Hall–Kier alpha value is -1.09. The van der Waals surface area contributed by atoms with Crippen molar-refractivity contribution >= 4 is 5.82 Å². The molecular weight excluding hydrogens is 224 g/mol. The lowest BCUT2D eigenvalue weighted by Crippen LogP contribution is -2.28. The van der Waals surface area contributed by atoms with Crippen LogP contribution in [0.25, 0.3) is 0 Å². The number of nitrogens with two attached hydrogens (primary N) is 1. The van der Waals surface area contributed by atoms with E-state index in [0.717, 1.165) is 43.2 Å². The maximum atomic E-state index is 11.0. The lowest BCUT2D eigenvalue weighted by molar-refractivity contribution is 0.0179. The Morgan fingerprint density at radius 2 is 1.94 bits per heavy atom. The van der Waals surface area contributed by atoms with Gasteiger partial charge in [-0.2, -0.15) is 0 Å². The molecule has 1 aliphatic rings. The van der Waals surface area contributed by atoms with Gasteiger partial charge in [-0.3, -0.25) is 0 Å². The molecule has 1 aromatic heterocycles. The average molecular weight is 248 g/mol. The third-order valence-electron chi connectivity index (χ3n) is 4.31. The second-order valence-electron chi connectivity index (χ2n) is 6.44. The fourth-order valence-corrected chi connectivity index (χ4v) is 3.09. The minimum atomic E-state index is -0.795. The summed E-state index contributed by atoms with van der Waals surface area (Å²) < 4.78 is 0. The Balaban J connectivity index is 2.36. The van der Waals surface area contributed by atoms with Crippen LogP contribution in [0, 0.1) is 12.3 Å². The Morgan fingerprint density at radius 3 is 2.61 bits per heavy atom. The van der Waals surface area contributed by atoms with Crippen molar-refractivity contribution in [2.75, 3.05) is 5.73 Å². The molecule has 18 heavy (non-hydrogen) atoms. The minimum Gasteiger partial charge on any atom is -0.385 e. The molecule has 3 nitrogen and oxygen atoms in total. The summed E-state index contributed by atoms with van der Waals surface area (Å²) in [7, 11) is 0. The van der Waals surface area contributed by atoms with Crippen LogP contribution in [0.2, 0.25) is 0 Å². The van der Waals surface area contributed by atoms with E-state index in [0.29, 0.717) is 11.2 Å². The number of nitrogens with zero attached hydrogens (tertiary/aromatic N) is 1. The maximum absolute atomic E-state index is 11.0. The first-order chi connectivity index (χ1) is 8.34. The Bertz CT molecular complexity index is 422. The molecule has 100 valence electrons. The molecule has 1 aromatic rings. The van der Waals surface area contributed by atoms with Crippen molar-refractivity contribution in [1.29, 1.82) is 0 Å². The zero-order chi connectivity index (χ0) is 13.4. The second-order valence-corrected chi connectivity index (χ2v) is 6.44. The van der Waals surface area contributed by atoms with E-state index in [1.165, 1.54) is 0 Å². The van der Waals surface area contributed by atoms with E-state index < -0.39 is 5.60 Å². The fourth-order valence-electron chi connectivity index (χ4n) is 3.09. The summed E-state index contributed by atoms with van der Waals surface area (Å²) in [6, 6.07) is 1.93. The molecule has 0 amide bonds. The van der Waals surface area contributed by atoms with Gasteiger partial charge in [0.05, 0.1) is 5.60 Å². The van der Waals surface area contributed by atoms with Gasteiger partial charge in [0.1, 0.15) is 5.82 Å². The van der Waals surface area contributed by atoms with Crippen LogP contribution in [0.5, 0.6) is 0 Å². The van der Waals surface area contributed by atoms with Crippen molar-refractivity contribution in [3.63, 3.8) is 0 Å². The van der Waals surface area contributed by atoms with Crippen LogP contribution in [0.15, 0.2) is 12.3 Å². The number of pyridine rings is 1. The molecular formula is C15H24N2O. The first-order valence-electron chi connectivity index (χ1n) is 6.78. The first kappa shape index (κ1) is 13.3. The summed E-state index contributed by atoms with van der Waals surface area (Å²) in [5.74, 6) is 0.484. The van der Waals surface area contributed by atoms with Gasteiger partial charge in [0.15, 0.2) is 0 Å². The van der Waals surface area contributed by atoms with E-state index in [-0.39, 0.29) is 0 Å². The molecule has 1 atom stereocenters. The molecule has 1 aliphatic carbocycles. The molecule has 3 N–H and O–H groups in total. The number of rotatable bonds is 1. The van der Waals surface area contributed by atoms with Gasteiger partial charge in [0.2, 0.25) is 0 Å². The quantitative estimate of drug-likeness (QED) is 0.751. The smallest absolute Gasteiger partial charge is 0.129 e. The monoisotopic (exact) mass is 248 g/mol. The highest BCUT2D eigenvalue weighted by Gasteiger charge is 2.37. The first-order valence-corrected chi connectivity index (χ1v) is 6.78. The summed E-state index contributed by atoms with van der Waals surface area (Å²) in [5, 5.41) is 11.0. The summed E-state index contributed by atoms with van der Waals surface area (Å²) in [5.41, 5.74) is 7.40. The molecule has 0 radical (unpaired) electrons. The van der Waals surface area contributed by atoms with Crippen LogP contribution in [-0.2, 0) is 5.60 Å². The number of anilines is 1. The van der Waals surface area contributed by atoms with E-state index in [1.54, 1.807) is 6.20 Å². The zero-order valence-electron chi connectivity index (χ0n) is 11.7. The van der Waals surface area contributed by atoms with E-state index in [2.05, 4.69) is 18.8 Å². The third kappa shape index (κ3) is 2.51. The zero-order valence-corrected chi connectivity index (χ0v) is 11.7. The van der Waals surface area contributed by atoms with E-state index in [1.807, 2.05) is 13.0 Å². The Morgan fingerprint density at radius 1 is 1.22 bits per heavy atom. The standard InChI is InChI=1S/C15H24N2O/c1-11-5-10-17-13(16)12(11)15(18)7-4-6-14(2,3)8-9-15/h5,10,18H,4,6-9H2,1-3H3,(H2,16,17). The van der Waals surface area contributed by atoms with E-state index in [9.17, 15) is 5.11 Å². The van der Waals surface area contributed by atoms with Gasteiger partial charge < -0.3 is 10.8 Å². The molecule has 1 saturated carbocycles. The van der Waals surface area contributed by atoms with E-state index >= 15 is 0 Å². The highest BCUT2D eigenvalue weighted by atomic mass is 16.3. The van der Waals surface area contributed by atoms with Crippen molar-refractivity contribution in [2.24, 2.45) is 5.41 Å². The Labute approximate surface area is 109 Å². The molecule has 0 spiro atoms. The van der Waals surface area contributed by atoms with Gasteiger partial charge in [0, 0.05) is 11.8 Å². The molecule has 0 saturated heterocycles. The lowest BCUT2D eigenvalue weighted by atomic mass is 9.81.